The lowest BCUT2D eigenvalue weighted by Crippen LogP contribution is -2.53. The van der Waals surface area contributed by atoms with Gasteiger partial charge in [-0.2, -0.15) is 5.26 Å². The predicted octanol–water partition coefficient (Wildman–Crippen LogP) is 2.68. The van der Waals surface area contributed by atoms with Gasteiger partial charge in [-0.05, 0) is 58.0 Å². The fraction of sp³-hybridized carbons (Fsp3) is 0.933. The van der Waals surface area contributed by atoms with E-state index in [1.165, 1.54) is 38.6 Å². The van der Waals surface area contributed by atoms with Crippen molar-refractivity contribution in [3.63, 3.8) is 0 Å². The van der Waals surface area contributed by atoms with Crippen LogP contribution in [0.3, 0.4) is 0 Å². The average molecular weight is 249 g/mol. The van der Waals surface area contributed by atoms with Crippen molar-refractivity contribution in [3.8, 4) is 6.07 Å². The molecule has 0 aliphatic heterocycles. The van der Waals surface area contributed by atoms with Crippen LogP contribution in [-0.2, 0) is 0 Å². The summed E-state index contributed by atoms with van der Waals surface area (Å²) in [6, 6.07) is 3.84. The largest absolute Gasteiger partial charge is 0.301 e. The van der Waals surface area contributed by atoms with Crippen molar-refractivity contribution in [3.05, 3.63) is 0 Å². The Balaban J connectivity index is 1.98. The van der Waals surface area contributed by atoms with Crippen molar-refractivity contribution >= 4 is 0 Å². The van der Waals surface area contributed by atoms with E-state index in [4.69, 9.17) is 0 Å². The Bertz CT molecular complexity index is 305. The van der Waals surface area contributed by atoms with Crippen LogP contribution in [0, 0.1) is 11.3 Å². The highest BCUT2D eigenvalue weighted by Gasteiger charge is 2.41. The lowest BCUT2D eigenvalue weighted by molar-refractivity contribution is 0.124. The normalized spacial score (nSPS) is 32.4. The van der Waals surface area contributed by atoms with Crippen LogP contribution in [0.25, 0.3) is 0 Å². The quantitative estimate of drug-likeness (QED) is 0.786. The van der Waals surface area contributed by atoms with E-state index in [0.717, 1.165) is 19.4 Å². The fourth-order valence-corrected chi connectivity index (χ4v) is 3.33. The molecule has 0 aromatic carbocycles. The van der Waals surface area contributed by atoms with E-state index >= 15 is 0 Å². The summed E-state index contributed by atoms with van der Waals surface area (Å²) < 4.78 is 0. The zero-order valence-electron chi connectivity index (χ0n) is 11.9. The molecule has 0 amide bonds. The summed E-state index contributed by atoms with van der Waals surface area (Å²) in [5.41, 5.74) is -0.231. The molecule has 0 aromatic heterocycles. The van der Waals surface area contributed by atoms with Gasteiger partial charge < -0.3 is 4.90 Å². The Morgan fingerprint density at radius 1 is 1.33 bits per heavy atom. The minimum Gasteiger partial charge on any atom is -0.301 e. The lowest BCUT2D eigenvalue weighted by Gasteiger charge is -2.41. The summed E-state index contributed by atoms with van der Waals surface area (Å²) in [4.78, 5) is 2.57. The van der Waals surface area contributed by atoms with Crippen molar-refractivity contribution in [1.82, 2.24) is 10.2 Å². The molecule has 102 valence electrons. The smallest absolute Gasteiger partial charge is 0.108 e. The Morgan fingerprint density at radius 3 is 2.67 bits per heavy atom. The number of nitrogens with one attached hydrogen (secondary N) is 1. The zero-order chi connectivity index (χ0) is 13.0. The van der Waals surface area contributed by atoms with Gasteiger partial charge in [0.2, 0.25) is 0 Å². The number of hydrogen-bond donors (Lipinski definition) is 1. The molecule has 0 heterocycles. The Kier molecular flexibility index (Phi) is 4.64. The van der Waals surface area contributed by atoms with Gasteiger partial charge in [-0.1, -0.05) is 13.8 Å². The van der Waals surface area contributed by atoms with Crippen LogP contribution in [-0.4, -0.2) is 35.6 Å². The molecule has 2 atom stereocenters. The molecule has 0 aromatic rings. The summed E-state index contributed by atoms with van der Waals surface area (Å²) in [6.45, 7) is 6.77. The molecule has 3 heteroatoms. The molecule has 2 rings (SSSR count). The van der Waals surface area contributed by atoms with E-state index in [0.29, 0.717) is 12.1 Å². The van der Waals surface area contributed by atoms with Crippen molar-refractivity contribution in [2.45, 2.75) is 76.4 Å². The van der Waals surface area contributed by atoms with E-state index in [-0.39, 0.29) is 5.54 Å². The molecular formula is C15H27N3. The maximum absolute atomic E-state index is 9.59. The molecule has 3 nitrogen and oxygen atoms in total. The van der Waals surface area contributed by atoms with Gasteiger partial charge in [0.05, 0.1) is 6.07 Å². The first-order chi connectivity index (χ1) is 8.73. The van der Waals surface area contributed by atoms with E-state index in [1.807, 2.05) is 0 Å². The molecule has 0 saturated heterocycles. The number of nitriles is 1. The standard InChI is InChI=1S/C15H27N3/c1-3-10-18(4-2)14-6-5-9-15(11-14,12-16)17-13-7-8-13/h13-14,17H,3-11H2,1-2H3. The summed E-state index contributed by atoms with van der Waals surface area (Å²) in [7, 11) is 0. The second-order valence-corrected chi connectivity index (χ2v) is 5.99. The first-order valence-electron chi connectivity index (χ1n) is 7.66. The van der Waals surface area contributed by atoms with Crippen molar-refractivity contribution in [2.24, 2.45) is 0 Å². The Morgan fingerprint density at radius 2 is 2.11 bits per heavy atom. The first kappa shape index (κ1) is 13.8. The minimum absolute atomic E-state index is 0.231. The molecular weight excluding hydrogens is 222 g/mol. The van der Waals surface area contributed by atoms with Gasteiger partial charge in [-0.3, -0.25) is 5.32 Å². The zero-order valence-corrected chi connectivity index (χ0v) is 11.9. The highest BCUT2D eigenvalue weighted by Crippen LogP contribution is 2.34. The Hall–Kier alpha value is -0.590. The SMILES string of the molecule is CCCN(CC)C1CCCC(C#N)(NC2CC2)C1. The third-order valence-electron chi connectivity index (χ3n) is 4.43. The second kappa shape index (κ2) is 6.04. The average Bonchev–Trinajstić information content (AvgIpc) is 3.20. The summed E-state index contributed by atoms with van der Waals surface area (Å²) in [6.07, 6.45) is 8.26. The fourth-order valence-electron chi connectivity index (χ4n) is 3.33. The van der Waals surface area contributed by atoms with E-state index in [1.54, 1.807) is 0 Å². The van der Waals surface area contributed by atoms with Gasteiger partial charge in [-0.25, -0.2) is 0 Å². The van der Waals surface area contributed by atoms with E-state index < -0.39 is 0 Å². The van der Waals surface area contributed by atoms with Crippen LogP contribution in [0.15, 0.2) is 0 Å². The second-order valence-electron chi connectivity index (χ2n) is 5.99. The summed E-state index contributed by atoms with van der Waals surface area (Å²) in [5, 5.41) is 13.2. The minimum atomic E-state index is -0.231. The van der Waals surface area contributed by atoms with Gasteiger partial charge in [0, 0.05) is 12.1 Å². The van der Waals surface area contributed by atoms with E-state index in [9.17, 15) is 5.26 Å². The topological polar surface area (TPSA) is 39.1 Å². The van der Waals surface area contributed by atoms with Crippen molar-refractivity contribution in [1.29, 1.82) is 5.26 Å². The van der Waals surface area contributed by atoms with Gasteiger partial charge in [0.15, 0.2) is 0 Å². The Labute approximate surface area is 112 Å². The molecule has 2 unspecified atom stereocenters. The molecule has 0 radical (unpaired) electrons. The molecule has 2 saturated carbocycles. The van der Waals surface area contributed by atoms with Crippen LogP contribution in [0.4, 0.5) is 0 Å². The number of hydrogen-bond acceptors (Lipinski definition) is 3. The summed E-state index contributed by atoms with van der Waals surface area (Å²) >= 11 is 0. The van der Waals surface area contributed by atoms with Crippen LogP contribution >= 0.6 is 0 Å². The maximum Gasteiger partial charge on any atom is 0.108 e. The molecule has 1 N–H and O–H groups in total. The molecule has 0 bridgehead atoms. The molecule has 0 spiro atoms. The van der Waals surface area contributed by atoms with Gasteiger partial charge >= 0.3 is 0 Å². The van der Waals surface area contributed by atoms with Crippen LogP contribution in [0.1, 0.15) is 58.8 Å². The molecule has 2 aliphatic carbocycles. The number of rotatable bonds is 6. The van der Waals surface area contributed by atoms with Gasteiger partial charge in [0.1, 0.15) is 5.54 Å². The maximum atomic E-state index is 9.59. The van der Waals surface area contributed by atoms with Crippen molar-refractivity contribution < 1.29 is 0 Å². The van der Waals surface area contributed by atoms with Crippen molar-refractivity contribution in [2.75, 3.05) is 13.1 Å². The molecule has 18 heavy (non-hydrogen) atoms. The van der Waals surface area contributed by atoms with Gasteiger partial charge in [0.25, 0.3) is 0 Å². The monoisotopic (exact) mass is 249 g/mol. The van der Waals surface area contributed by atoms with E-state index in [2.05, 4.69) is 30.1 Å². The highest BCUT2D eigenvalue weighted by molar-refractivity contribution is 5.13. The van der Waals surface area contributed by atoms with Crippen LogP contribution < -0.4 is 5.32 Å². The van der Waals surface area contributed by atoms with Crippen LogP contribution in [0.5, 0.6) is 0 Å². The third-order valence-corrected chi connectivity index (χ3v) is 4.43. The summed E-state index contributed by atoms with van der Waals surface area (Å²) in [5.74, 6) is 0. The molecule has 2 aliphatic rings. The first-order valence-corrected chi connectivity index (χ1v) is 7.66. The molecule has 2 fully saturated rings. The predicted molar refractivity (Wildman–Crippen MR) is 74.3 cm³/mol. The third kappa shape index (κ3) is 3.24. The highest BCUT2D eigenvalue weighted by atomic mass is 15.2. The van der Waals surface area contributed by atoms with Gasteiger partial charge in [-0.15, -0.1) is 0 Å². The lowest BCUT2D eigenvalue weighted by atomic mass is 9.79. The van der Waals surface area contributed by atoms with Crippen LogP contribution in [0.2, 0.25) is 0 Å². The number of nitrogens with zero attached hydrogens (tertiary/aromatic N) is 2.